The van der Waals surface area contributed by atoms with Crippen LogP contribution in [0.2, 0.25) is 0 Å². The van der Waals surface area contributed by atoms with Gasteiger partial charge in [0, 0.05) is 0 Å². The van der Waals surface area contributed by atoms with E-state index in [1.807, 2.05) is 121 Å². The Morgan fingerprint density at radius 1 is 0.367 bits per heavy atom. The van der Waals surface area contributed by atoms with Gasteiger partial charge in [-0.1, -0.05) is 83.2 Å². The van der Waals surface area contributed by atoms with Crippen LogP contribution in [0.5, 0.6) is 0 Å². The molecule has 0 bridgehead atoms. The van der Waals surface area contributed by atoms with E-state index in [0.717, 1.165) is 22.7 Å². The third kappa shape index (κ3) is 7.74. The molecule has 0 heterocycles. The third-order valence-electron chi connectivity index (χ3n) is 3.75. The largest absolute Gasteiger partial charge is 0.260 e. The topological polar surface area (TPSA) is 73.5 Å². The lowest BCUT2D eigenvalue weighted by atomic mass is 10.3. The van der Waals surface area contributed by atoms with Gasteiger partial charge in [-0.3, -0.25) is 10.9 Å². The fourth-order valence-electron chi connectivity index (χ4n) is 2.30. The van der Waals surface area contributed by atoms with E-state index < -0.39 is 0 Å². The summed E-state index contributed by atoms with van der Waals surface area (Å²) in [5, 5.41) is 15.8. The number of rotatable bonds is 6. The molecule has 0 unspecified atom stereocenters. The highest BCUT2D eigenvalue weighted by molar-refractivity contribution is 5.42. The maximum atomic E-state index is 4.02. The molecule has 0 radical (unpaired) electrons. The summed E-state index contributed by atoms with van der Waals surface area (Å²) in [5.41, 5.74) is 9.23. The highest BCUT2D eigenvalue weighted by Crippen LogP contribution is 2.12. The molecule has 6 heteroatoms. The molecular formula is C24H22N6. The van der Waals surface area contributed by atoms with Crippen LogP contribution >= 0.6 is 0 Å². The van der Waals surface area contributed by atoms with Crippen molar-refractivity contribution < 1.29 is 0 Å². The Hall–Kier alpha value is -4.32. The van der Waals surface area contributed by atoms with Crippen molar-refractivity contribution in [3.63, 3.8) is 0 Å². The molecule has 4 aromatic carbocycles. The molecule has 0 aliphatic rings. The molecule has 0 spiro atoms. The van der Waals surface area contributed by atoms with Gasteiger partial charge in [-0.15, -0.1) is 10.2 Å². The molecule has 0 atom stereocenters. The minimum atomic E-state index is 0.834. The van der Waals surface area contributed by atoms with Crippen molar-refractivity contribution in [1.29, 1.82) is 0 Å². The number of nitrogens with one attached hydrogen (secondary N) is 2. The average molecular weight is 394 g/mol. The minimum Gasteiger partial charge on any atom is -0.260 e. The number of benzene rings is 4. The van der Waals surface area contributed by atoms with Crippen molar-refractivity contribution >= 4 is 22.7 Å². The fourth-order valence-corrected chi connectivity index (χ4v) is 2.30. The fraction of sp³-hybridized carbons (Fsp3) is 0. The van der Waals surface area contributed by atoms with Gasteiger partial charge in [-0.2, -0.15) is 0 Å². The first-order chi connectivity index (χ1) is 14.9. The van der Waals surface area contributed by atoms with Crippen LogP contribution in [-0.2, 0) is 0 Å². The van der Waals surface area contributed by atoms with Crippen molar-refractivity contribution in [3.8, 4) is 0 Å². The minimum absolute atomic E-state index is 0.834. The Kier molecular flexibility index (Phi) is 8.30. The van der Waals surface area contributed by atoms with Gasteiger partial charge in [0.15, 0.2) is 0 Å². The molecule has 0 saturated heterocycles. The van der Waals surface area contributed by atoms with E-state index in [9.17, 15) is 0 Å². The summed E-state index contributed by atoms with van der Waals surface area (Å²) in [6, 6.07) is 38.6. The van der Waals surface area contributed by atoms with E-state index in [4.69, 9.17) is 0 Å². The van der Waals surface area contributed by atoms with E-state index in [1.54, 1.807) is 0 Å². The number of hydrogen-bond donors (Lipinski definition) is 2. The van der Waals surface area contributed by atoms with Crippen molar-refractivity contribution in [2.45, 2.75) is 0 Å². The van der Waals surface area contributed by atoms with Crippen molar-refractivity contribution in [2.75, 3.05) is 10.9 Å². The molecular weight excluding hydrogens is 372 g/mol. The lowest BCUT2D eigenvalue weighted by Gasteiger charge is -1.96. The van der Waals surface area contributed by atoms with E-state index in [1.165, 1.54) is 0 Å². The maximum absolute atomic E-state index is 4.02. The molecule has 0 saturated carbocycles. The first kappa shape index (κ1) is 20.4. The summed E-state index contributed by atoms with van der Waals surface area (Å²) >= 11 is 0. The molecule has 4 aromatic rings. The van der Waals surface area contributed by atoms with Gasteiger partial charge < -0.3 is 0 Å². The lowest BCUT2D eigenvalue weighted by molar-refractivity contribution is 1.13. The predicted molar refractivity (Wildman–Crippen MR) is 122 cm³/mol. The van der Waals surface area contributed by atoms with Crippen LogP contribution in [0.15, 0.2) is 142 Å². The lowest BCUT2D eigenvalue weighted by Crippen LogP contribution is -1.84. The van der Waals surface area contributed by atoms with Crippen LogP contribution in [0.25, 0.3) is 0 Å². The van der Waals surface area contributed by atoms with Crippen LogP contribution in [-0.4, -0.2) is 0 Å². The molecule has 0 amide bonds. The Morgan fingerprint density at radius 2 is 0.667 bits per heavy atom. The number of para-hydroxylation sites is 2. The second kappa shape index (κ2) is 12.2. The SMILES string of the molecule is c1ccc(N=NNc2ccccc2)cc1.c1ccc(N=NNc2ccccc2)cc1. The molecule has 0 fully saturated rings. The van der Waals surface area contributed by atoms with E-state index in [-0.39, 0.29) is 0 Å². The van der Waals surface area contributed by atoms with Gasteiger partial charge in [-0.25, -0.2) is 0 Å². The second-order valence-electron chi connectivity index (χ2n) is 6.03. The molecule has 0 aliphatic heterocycles. The van der Waals surface area contributed by atoms with Gasteiger partial charge in [0.05, 0.1) is 22.7 Å². The number of hydrogen-bond acceptors (Lipinski definition) is 4. The monoisotopic (exact) mass is 394 g/mol. The zero-order chi connectivity index (χ0) is 20.7. The summed E-state index contributed by atoms with van der Waals surface area (Å²) in [7, 11) is 0. The first-order valence-corrected chi connectivity index (χ1v) is 9.44. The van der Waals surface area contributed by atoms with Crippen LogP contribution in [0.3, 0.4) is 0 Å². The number of anilines is 2. The zero-order valence-electron chi connectivity index (χ0n) is 16.3. The normalized spacial score (nSPS) is 10.4. The number of nitrogens with zero attached hydrogens (tertiary/aromatic N) is 4. The van der Waals surface area contributed by atoms with Crippen molar-refractivity contribution in [3.05, 3.63) is 121 Å². The molecule has 6 nitrogen and oxygen atoms in total. The van der Waals surface area contributed by atoms with E-state index in [0.29, 0.717) is 0 Å². The molecule has 148 valence electrons. The van der Waals surface area contributed by atoms with Crippen LogP contribution in [0.1, 0.15) is 0 Å². The Morgan fingerprint density at radius 3 is 1.00 bits per heavy atom. The standard InChI is InChI=1S/2C12H11N3/c2*1-3-7-11(8-4-1)13-15-14-12-9-5-2-6-10-12/h2*1-10H,(H,13,14). The van der Waals surface area contributed by atoms with Gasteiger partial charge in [0.1, 0.15) is 0 Å². The van der Waals surface area contributed by atoms with E-state index in [2.05, 4.69) is 31.5 Å². The predicted octanol–water partition coefficient (Wildman–Crippen LogP) is 7.59. The quantitative estimate of drug-likeness (QED) is 0.261. The average Bonchev–Trinajstić information content (AvgIpc) is 2.82. The van der Waals surface area contributed by atoms with Gasteiger partial charge in [0.25, 0.3) is 0 Å². The van der Waals surface area contributed by atoms with Crippen molar-refractivity contribution in [2.24, 2.45) is 20.7 Å². The Labute approximate surface area is 176 Å². The van der Waals surface area contributed by atoms with E-state index >= 15 is 0 Å². The Bertz CT molecular complexity index is 933. The summed E-state index contributed by atoms with van der Waals surface area (Å²) in [6.07, 6.45) is 0. The molecule has 4 rings (SSSR count). The smallest absolute Gasteiger partial charge is 0.0874 e. The van der Waals surface area contributed by atoms with Crippen LogP contribution in [0.4, 0.5) is 22.7 Å². The summed E-state index contributed by atoms with van der Waals surface area (Å²) in [4.78, 5) is 0. The van der Waals surface area contributed by atoms with Gasteiger partial charge >= 0.3 is 0 Å². The highest BCUT2D eigenvalue weighted by Gasteiger charge is 1.87. The van der Waals surface area contributed by atoms with Gasteiger partial charge in [0.2, 0.25) is 0 Å². The second-order valence-corrected chi connectivity index (χ2v) is 6.03. The summed E-state index contributed by atoms with van der Waals surface area (Å²) in [5.74, 6) is 0. The maximum Gasteiger partial charge on any atom is 0.0874 e. The van der Waals surface area contributed by atoms with Gasteiger partial charge in [-0.05, 0) is 48.5 Å². The highest BCUT2D eigenvalue weighted by atomic mass is 15.4. The molecule has 0 aromatic heterocycles. The first-order valence-electron chi connectivity index (χ1n) is 9.44. The Balaban J connectivity index is 0.000000171. The molecule has 30 heavy (non-hydrogen) atoms. The zero-order valence-corrected chi connectivity index (χ0v) is 16.3. The van der Waals surface area contributed by atoms with Crippen molar-refractivity contribution in [1.82, 2.24) is 0 Å². The third-order valence-corrected chi connectivity index (χ3v) is 3.75. The van der Waals surface area contributed by atoms with Crippen LogP contribution in [0, 0.1) is 0 Å². The summed E-state index contributed by atoms with van der Waals surface area (Å²) < 4.78 is 0. The molecule has 2 N–H and O–H groups in total. The molecule has 0 aliphatic carbocycles. The summed E-state index contributed by atoms with van der Waals surface area (Å²) in [6.45, 7) is 0. The van der Waals surface area contributed by atoms with Crippen LogP contribution < -0.4 is 10.9 Å².